The Hall–Kier alpha value is -2.34. The summed E-state index contributed by atoms with van der Waals surface area (Å²) in [7, 11) is 0. The van der Waals surface area contributed by atoms with E-state index in [1.54, 1.807) is 25.2 Å². The lowest BCUT2D eigenvalue weighted by atomic mass is 9.91. The number of aryl methyl sites for hydroxylation is 1. The molecule has 0 saturated carbocycles. The molecule has 10 heteroatoms. The van der Waals surface area contributed by atoms with Crippen LogP contribution in [0.1, 0.15) is 51.4 Å². The van der Waals surface area contributed by atoms with Gasteiger partial charge < -0.3 is 20.7 Å². The number of alkyl halides is 1. The standard InChI is InChI=1S/C26H32FIN4O3S/c1-13(2)22(21(33)10-14(3)29)26(35)32-9-8-19(27)23(32)25(34)31-15(4)18-7-6-17(11-20(18)28)24-16(5)30-12-36-24/h6-7,10-13,15,19,22-23,29,33H,8-9H2,1-5H3,(H,31,34)/b21-10-,29-14?/t15?,19-,22+,23?/m0/s1. The Morgan fingerprint density at radius 1 is 1.36 bits per heavy atom. The van der Waals surface area contributed by atoms with Crippen molar-refractivity contribution in [3.63, 3.8) is 0 Å². The van der Waals surface area contributed by atoms with Crippen LogP contribution >= 0.6 is 33.9 Å². The molecule has 1 aliphatic rings. The van der Waals surface area contributed by atoms with E-state index in [0.717, 1.165) is 25.3 Å². The molecule has 1 fully saturated rings. The van der Waals surface area contributed by atoms with Crippen molar-refractivity contribution in [3.8, 4) is 10.4 Å². The predicted octanol–water partition coefficient (Wildman–Crippen LogP) is 5.59. The van der Waals surface area contributed by atoms with Crippen molar-refractivity contribution in [3.05, 3.63) is 50.4 Å². The van der Waals surface area contributed by atoms with Crippen molar-refractivity contribution >= 4 is 51.5 Å². The summed E-state index contributed by atoms with van der Waals surface area (Å²) in [6.45, 7) is 8.92. The minimum atomic E-state index is -1.50. The Morgan fingerprint density at radius 2 is 2.06 bits per heavy atom. The lowest BCUT2D eigenvalue weighted by molar-refractivity contribution is -0.143. The summed E-state index contributed by atoms with van der Waals surface area (Å²) >= 11 is 3.80. The van der Waals surface area contributed by atoms with E-state index in [2.05, 4.69) is 32.9 Å². The number of aliphatic hydroxyl groups is 1. The van der Waals surface area contributed by atoms with E-state index in [1.165, 1.54) is 17.9 Å². The molecule has 2 amide bonds. The van der Waals surface area contributed by atoms with Crippen LogP contribution in [0, 0.1) is 27.7 Å². The molecule has 2 unspecified atom stereocenters. The molecule has 3 N–H and O–H groups in total. The van der Waals surface area contributed by atoms with Crippen LogP contribution in [0.3, 0.4) is 0 Å². The highest BCUT2D eigenvalue weighted by atomic mass is 127. The molecule has 1 aliphatic heterocycles. The zero-order chi connectivity index (χ0) is 26.7. The molecule has 4 atom stereocenters. The number of nitrogens with one attached hydrogen (secondary N) is 2. The second-order valence-corrected chi connectivity index (χ2v) is 11.5. The van der Waals surface area contributed by atoms with Crippen LogP contribution < -0.4 is 5.32 Å². The number of benzene rings is 1. The van der Waals surface area contributed by atoms with Crippen molar-refractivity contribution in [1.29, 1.82) is 5.41 Å². The van der Waals surface area contributed by atoms with E-state index < -0.39 is 36.0 Å². The molecule has 0 spiro atoms. The number of nitrogens with zero attached hydrogens (tertiary/aromatic N) is 2. The summed E-state index contributed by atoms with van der Waals surface area (Å²) in [4.78, 5) is 33.2. The third-order valence-electron chi connectivity index (χ3n) is 6.33. The second-order valence-electron chi connectivity index (χ2n) is 9.49. The fourth-order valence-electron chi connectivity index (χ4n) is 4.53. The van der Waals surface area contributed by atoms with Gasteiger partial charge in [0.05, 0.1) is 28.0 Å². The van der Waals surface area contributed by atoms with E-state index in [0.29, 0.717) is 0 Å². The van der Waals surface area contributed by atoms with Gasteiger partial charge in [-0.3, -0.25) is 9.59 Å². The SMILES string of the molecule is CC(=N)/C=C(\O)[C@H](C(=O)N1CC[C@H](F)C1C(=O)NC(C)c1ccc(-c2scnc2C)cc1I)C(C)C. The molecule has 3 rings (SSSR count). The summed E-state index contributed by atoms with van der Waals surface area (Å²) in [6.07, 6.45) is -0.222. The first-order chi connectivity index (χ1) is 16.9. The molecule has 7 nitrogen and oxygen atoms in total. The average molecular weight is 627 g/mol. The maximum absolute atomic E-state index is 14.9. The summed E-state index contributed by atoms with van der Waals surface area (Å²) in [5, 5.41) is 21.0. The van der Waals surface area contributed by atoms with E-state index in [-0.39, 0.29) is 30.4 Å². The van der Waals surface area contributed by atoms with Crippen LogP contribution in [0.25, 0.3) is 10.4 Å². The summed E-state index contributed by atoms with van der Waals surface area (Å²) in [6, 6.07) is 4.30. The molecule has 36 heavy (non-hydrogen) atoms. The molecule has 2 heterocycles. The largest absolute Gasteiger partial charge is 0.511 e. The number of thiazole rings is 1. The van der Waals surface area contributed by atoms with E-state index in [1.807, 2.05) is 37.6 Å². The van der Waals surface area contributed by atoms with Crippen LogP contribution in [-0.2, 0) is 9.59 Å². The third-order valence-corrected chi connectivity index (χ3v) is 8.24. The van der Waals surface area contributed by atoms with Gasteiger partial charge in [0.2, 0.25) is 11.8 Å². The van der Waals surface area contributed by atoms with Crippen LogP contribution in [0.5, 0.6) is 0 Å². The number of aliphatic hydroxyl groups excluding tert-OH is 1. The van der Waals surface area contributed by atoms with Crippen molar-refractivity contribution in [2.24, 2.45) is 11.8 Å². The number of carbonyl (C=O) groups is 2. The van der Waals surface area contributed by atoms with Gasteiger partial charge in [0, 0.05) is 15.8 Å². The Labute approximate surface area is 228 Å². The average Bonchev–Trinajstić information content (AvgIpc) is 3.38. The maximum Gasteiger partial charge on any atom is 0.246 e. The van der Waals surface area contributed by atoms with Gasteiger partial charge in [0.1, 0.15) is 18.0 Å². The lowest BCUT2D eigenvalue weighted by Crippen LogP contribution is -2.52. The summed E-state index contributed by atoms with van der Waals surface area (Å²) in [5.74, 6) is -2.56. The first kappa shape index (κ1) is 28.2. The van der Waals surface area contributed by atoms with Crippen LogP contribution in [0.4, 0.5) is 4.39 Å². The van der Waals surface area contributed by atoms with Crippen LogP contribution in [0.15, 0.2) is 35.5 Å². The quantitative estimate of drug-likeness (QED) is 0.202. The number of hydrogen-bond acceptors (Lipinski definition) is 6. The number of amides is 2. The summed E-state index contributed by atoms with van der Waals surface area (Å²) < 4.78 is 15.9. The van der Waals surface area contributed by atoms with Gasteiger partial charge in [-0.15, -0.1) is 11.3 Å². The monoisotopic (exact) mass is 626 g/mol. The lowest BCUT2D eigenvalue weighted by Gasteiger charge is -2.31. The second kappa shape index (κ2) is 11.8. The molecule has 194 valence electrons. The van der Waals surface area contributed by atoms with Gasteiger partial charge in [-0.25, -0.2) is 9.37 Å². The minimum Gasteiger partial charge on any atom is -0.511 e. The minimum absolute atomic E-state index is 0.0531. The van der Waals surface area contributed by atoms with Crippen LogP contribution in [0.2, 0.25) is 0 Å². The highest BCUT2D eigenvalue weighted by Gasteiger charge is 2.45. The van der Waals surface area contributed by atoms with Gasteiger partial charge >= 0.3 is 0 Å². The van der Waals surface area contributed by atoms with Gasteiger partial charge in [-0.05, 0) is 79.0 Å². The Bertz CT molecular complexity index is 1180. The smallest absolute Gasteiger partial charge is 0.246 e. The number of rotatable bonds is 8. The van der Waals surface area contributed by atoms with Crippen molar-refractivity contribution in [2.75, 3.05) is 6.54 Å². The number of hydrogen-bond donors (Lipinski definition) is 3. The molecule has 0 aliphatic carbocycles. The number of halogens is 2. The highest BCUT2D eigenvalue weighted by molar-refractivity contribution is 14.1. The van der Waals surface area contributed by atoms with Gasteiger partial charge in [-0.1, -0.05) is 26.0 Å². The number of aromatic nitrogens is 1. The number of allylic oxidation sites excluding steroid dienone is 1. The Kier molecular flexibility index (Phi) is 9.26. The van der Waals surface area contributed by atoms with Crippen molar-refractivity contribution in [2.45, 2.75) is 59.3 Å². The Balaban J connectivity index is 1.79. The fraction of sp³-hybridized carbons (Fsp3) is 0.462. The van der Waals surface area contributed by atoms with E-state index in [9.17, 15) is 19.1 Å². The first-order valence-corrected chi connectivity index (χ1v) is 13.8. The van der Waals surface area contributed by atoms with Gasteiger partial charge in [0.25, 0.3) is 0 Å². The zero-order valence-electron chi connectivity index (χ0n) is 21.0. The maximum atomic E-state index is 14.9. The fourth-order valence-corrected chi connectivity index (χ4v) is 6.31. The van der Waals surface area contributed by atoms with E-state index in [4.69, 9.17) is 5.41 Å². The predicted molar refractivity (Wildman–Crippen MR) is 149 cm³/mol. The molecule has 1 aromatic carbocycles. The zero-order valence-corrected chi connectivity index (χ0v) is 24.0. The van der Waals surface area contributed by atoms with Crippen molar-refractivity contribution in [1.82, 2.24) is 15.2 Å². The van der Waals surface area contributed by atoms with Crippen molar-refractivity contribution < 1.29 is 19.1 Å². The number of likely N-dealkylation sites (tertiary alicyclic amines) is 1. The summed E-state index contributed by atoms with van der Waals surface area (Å²) in [5.41, 5.74) is 4.81. The molecule has 1 saturated heterocycles. The molecule has 0 bridgehead atoms. The number of carbonyl (C=O) groups excluding carboxylic acids is 2. The van der Waals surface area contributed by atoms with Gasteiger partial charge in [0.15, 0.2) is 0 Å². The highest BCUT2D eigenvalue weighted by Crippen LogP contribution is 2.32. The molecule has 1 aromatic heterocycles. The molecular weight excluding hydrogens is 594 g/mol. The van der Waals surface area contributed by atoms with E-state index >= 15 is 0 Å². The molecule has 2 aromatic rings. The van der Waals surface area contributed by atoms with Crippen LogP contribution in [-0.4, -0.2) is 51.3 Å². The topological polar surface area (TPSA) is 106 Å². The van der Waals surface area contributed by atoms with Gasteiger partial charge in [-0.2, -0.15) is 0 Å². The Morgan fingerprint density at radius 3 is 2.61 bits per heavy atom. The first-order valence-electron chi connectivity index (χ1n) is 11.8. The molecule has 0 radical (unpaired) electrons. The third kappa shape index (κ3) is 6.13. The molecular formula is C26H32FIN4O3S. The normalized spacial score (nSPS) is 19.9.